The summed E-state index contributed by atoms with van der Waals surface area (Å²) in [6.45, 7) is 0. The molecule has 16 heavy (non-hydrogen) atoms. The smallest absolute Gasteiger partial charge is 0.294 e. The summed E-state index contributed by atoms with van der Waals surface area (Å²) in [6.07, 6.45) is 0. The third-order valence-electron chi connectivity index (χ3n) is 2.31. The monoisotopic (exact) mass is 238 g/mol. The molecule has 0 aromatic heterocycles. The predicted octanol–water partition coefficient (Wildman–Crippen LogP) is 1.25. The molecule has 0 amide bonds. The van der Waals surface area contributed by atoms with Gasteiger partial charge in [-0.3, -0.25) is 4.55 Å². The Morgan fingerprint density at radius 2 is 1.50 bits per heavy atom. The summed E-state index contributed by atoms with van der Waals surface area (Å²) < 4.78 is 30.7. The van der Waals surface area contributed by atoms with Gasteiger partial charge in [-0.15, -0.1) is 0 Å². The molecule has 6 heteroatoms. The maximum atomic E-state index is 10.9. The van der Waals surface area contributed by atoms with E-state index >= 15 is 0 Å². The van der Waals surface area contributed by atoms with Crippen LogP contribution in [0.15, 0.2) is 35.2 Å². The van der Waals surface area contributed by atoms with Crippen LogP contribution in [0.1, 0.15) is 0 Å². The number of benzene rings is 2. The first kappa shape index (κ1) is 10.7. The molecule has 0 unspecified atom stereocenters. The largest absolute Gasteiger partial charge is 0.397 e. The second-order valence-corrected chi connectivity index (χ2v) is 4.89. The maximum absolute atomic E-state index is 10.9. The first-order valence-corrected chi connectivity index (χ1v) is 5.88. The molecule has 2 aromatic rings. The van der Waals surface area contributed by atoms with E-state index in [0.717, 1.165) is 5.39 Å². The number of fused-ring (bicyclic) bond motifs is 1. The molecule has 2 rings (SSSR count). The lowest BCUT2D eigenvalue weighted by Crippen LogP contribution is -1.98. The van der Waals surface area contributed by atoms with E-state index in [4.69, 9.17) is 16.0 Å². The molecule has 0 spiro atoms. The Bertz CT molecular complexity index is 665. The summed E-state index contributed by atoms with van der Waals surface area (Å²) in [7, 11) is -4.19. The van der Waals surface area contributed by atoms with Gasteiger partial charge in [-0.25, -0.2) is 0 Å². The van der Waals surface area contributed by atoms with Gasteiger partial charge in [0.2, 0.25) is 0 Å². The highest BCUT2D eigenvalue weighted by atomic mass is 32.2. The Balaban J connectivity index is 2.77. The summed E-state index contributed by atoms with van der Waals surface area (Å²) in [5.41, 5.74) is 12.0. The minimum absolute atomic E-state index is 0.163. The van der Waals surface area contributed by atoms with E-state index in [9.17, 15) is 8.42 Å². The number of nitrogen functional groups attached to an aromatic ring is 2. The fourth-order valence-electron chi connectivity index (χ4n) is 1.47. The van der Waals surface area contributed by atoms with Gasteiger partial charge in [0.25, 0.3) is 10.1 Å². The van der Waals surface area contributed by atoms with E-state index in [2.05, 4.69) is 0 Å². The zero-order valence-electron chi connectivity index (χ0n) is 8.21. The van der Waals surface area contributed by atoms with Crippen LogP contribution < -0.4 is 11.5 Å². The molecule has 84 valence electrons. The number of rotatable bonds is 1. The molecule has 0 saturated heterocycles. The van der Waals surface area contributed by atoms with Crippen molar-refractivity contribution in [1.29, 1.82) is 0 Å². The lowest BCUT2D eigenvalue weighted by molar-refractivity contribution is 0.483. The topological polar surface area (TPSA) is 106 Å². The van der Waals surface area contributed by atoms with Gasteiger partial charge >= 0.3 is 0 Å². The maximum Gasteiger partial charge on any atom is 0.294 e. The Kier molecular flexibility index (Phi) is 2.25. The summed E-state index contributed by atoms with van der Waals surface area (Å²) >= 11 is 0. The molecule has 0 atom stereocenters. The second-order valence-electron chi connectivity index (χ2n) is 3.47. The molecule has 0 radical (unpaired) electrons. The summed E-state index contributed by atoms with van der Waals surface area (Å²) in [5, 5.41) is 1.38. The molecule has 0 aliphatic heterocycles. The lowest BCUT2D eigenvalue weighted by atomic mass is 10.1. The van der Waals surface area contributed by atoms with Crippen molar-refractivity contribution >= 4 is 32.3 Å². The van der Waals surface area contributed by atoms with Crippen molar-refractivity contribution in [2.24, 2.45) is 0 Å². The van der Waals surface area contributed by atoms with Crippen molar-refractivity contribution in [2.75, 3.05) is 11.5 Å². The quantitative estimate of drug-likeness (QED) is 0.512. The number of nitrogens with two attached hydrogens (primary N) is 2. The van der Waals surface area contributed by atoms with Crippen molar-refractivity contribution in [3.8, 4) is 0 Å². The van der Waals surface area contributed by atoms with Crippen LogP contribution in [-0.4, -0.2) is 13.0 Å². The number of hydrogen-bond acceptors (Lipinski definition) is 4. The zero-order chi connectivity index (χ0) is 11.9. The fourth-order valence-corrected chi connectivity index (χ4v) is 1.99. The molecular weight excluding hydrogens is 228 g/mol. The van der Waals surface area contributed by atoms with Gasteiger partial charge in [0.05, 0.1) is 16.3 Å². The Morgan fingerprint density at radius 3 is 2.06 bits per heavy atom. The fraction of sp³-hybridized carbons (Fsp3) is 0. The Morgan fingerprint density at radius 1 is 0.938 bits per heavy atom. The van der Waals surface area contributed by atoms with E-state index in [0.29, 0.717) is 16.8 Å². The molecular formula is C10H10N2O3S. The van der Waals surface area contributed by atoms with Gasteiger partial charge in [0.15, 0.2) is 0 Å². The van der Waals surface area contributed by atoms with Crippen LogP contribution in [0.3, 0.4) is 0 Å². The standard InChI is InChI=1S/C10H10N2O3S/c11-9-4-6-1-2-8(16(13,14)15)3-7(6)5-10(9)12/h1-5H,11-12H2,(H,13,14,15). The van der Waals surface area contributed by atoms with Gasteiger partial charge in [-0.05, 0) is 35.0 Å². The number of anilines is 2. The van der Waals surface area contributed by atoms with Gasteiger partial charge in [-0.1, -0.05) is 6.07 Å². The van der Waals surface area contributed by atoms with Crippen molar-refractivity contribution in [3.63, 3.8) is 0 Å². The van der Waals surface area contributed by atoms with Gasteiger partial charge in [-0.2, -0.15) is 8.42 Å². The molecule has 0 heterocycles. The molecule has 0 saturated carbocycles. The average Bonchev–Trinajstić information content (AvgIpc) is 2.17. The molecule has 0 aliphatic rings. The molecule has 2 aromatic carbocycles. The van der Waals surface area contributed by atoms with Gasteiger partial charge < -0.3 is 11.5 Å². The van der Waals surface area contributed by atoms with E-state index in [-0.39, 0.29) is 4.90 Å². The van der Waals surface area contributed by atoms with Crippen molar-refractivity contribution in [3.05, 3.63) is 30.3 Å². The molecule has 0 bridgehead atoms. The van der Waals surface area contributed by atoms with Crippen molar-refractivity contribution in [2.45, 2.75) is 4.90 Å². The van der Waals surface area contributed by atoms with Crippen LogP contribution in [0, 0.1) is 0 Å². The third kappa shape index (κ3) is 1.80. The second kappa shape index (κ2) is 3.36. The highest BCUT2D eigenvalue weighted by Crippen LogP contribution is 2.25. The van der Waals surface area contributed by atoms with Crippen LogP contribution in [0.4, 0.5) is 11.4 Å². The minimum Gasteiger partial charge on any atom is -0.397 e. The zero-order valence-corrected chi connectivity index (χ0v) is 9.03. The van der Waals surface area contributed by atoms with Crippen LogP contribution in [-0.2, 0) is 10.1 Å². The van der Waals surface area contributed by atoms with E-state index in [1.165, 1.54) is 12.1 Å². The van der Waals surface area contributed by atoms with E-state index in [1.807, 2.05) is 0 Å². The first-order valence-electron chi connectivity index (χ1n) is 4.44. The SMILES string of the molecule is Nc1cc2ccc(S(=O)(=O)O)cc2cc1N. The van der Waals surface area contributed by atoms with E-state index < -0.39 is 10.1 Å². The van der Waals surface area contributed by atoms with Crippen LogP contribution in [0.5, 0.6) is 0 Å². The molecule has 5 nitrogen and oxygen atoms in total. The van der Waals surface area contributed by atoms with Crippen LogP contribution in [0.25, 0.3) is 10.8 Å². The van der Waals surface area contributed by atoms with Crippen molar-refractivity contribution in [1.82, 2.24) is 0 Å². The lowest BCUT2D eigenvalue weighted by Gasteiger charge is -2.04. The highest BCUT2D eigenvalue weighted by Gasteiger charge is 2.10. The van der Waals surface area contributed by atoms with Crippen LogP contribution >= 0.6 is 0 Å². The predicted molar refractivity (Wildman–Crippen MR) is 62.6 cm³/mol. The Hall–Kier alpha value is -1.79. The molecule has 5 N–H and O–H groups in total. The summed E-state index contributed by atoms with van der Waals surface area (Å²) in [5.74, 6) is 0. The van der Waals surface area contributed by atoms with Gasteiger partial charge in [0.1, 0.15) is 0 Å². The minimum atomic E-state index is -4.19. The van der Waals surface area contributed by atoms with E-state index in [1.54, 1.807) is 18.2 Å². The number of hydrogen-bond donors (Lipinski definition) is 3. The molecule has 0 aliphatic carbocycles. The van der Waals surface area contributed by atoms with Gasteiger partial charge in [0, 0.05) is 0 Å². The average molecular weight is 238 g/mol. The third-order valence-corrected chi connectivity index (χ3v) is 3.16. The first-order chi connectivity index (χ1) is 7.38. The van der Waals surface area contributed by atoms with Crippen LogP contribution in [0.2, 0.25) is 0 Å². The summed E-state index contributed by atoms with van der Waals surface area (Å²) in [4.78, 5) is -0.163. The Labute approximate surface area is 92.4 Å². The summed E-state index contributed by atoms with van der Waals surface area (Å²) in [6, 6.07) is 7.44. The molecule has 0 fully saturated rings. The normalized spacial score (nSPS) is 11.8. The highest BCUT2D eigenvalue weighted by molar-refractivity contribution is 7.85. The van der Waals surface area contributed by atoms with Crippen molar-refractivity contribution < 1.29 is 13.0 Å².